The van der Waals surface area contributed by atoms with Gasteiger partial charge in [0.25, 0.3) is 0 Å². The van der Waals surface area contributed by atoms with Gasteiger partial charge >= 0.3 is 0 Å². The fourth-order valence-electron chi connectivity index (χ4n) is 0.0884. The van der Waals surface area contributed by atoms with E-state index in [0.29, 0.717) is 0 Å². The van der Waals surface area contributed by atoms with Gasteiger partial charge in [0.1, 0.15) is 9.20 Å². The van der Waals surface area contributed by atoms with Crippen LogP contribution in [0, 0.1) is 0 Å². The van der Waals surface area contributed by atoms with Crippen LogP contribution in [-0.2, 0) is 0 Å². The van der Waals surface area contributed by atoms with Gasteiger partial charge in [-0.1, -0.05) is 0 Å². The summed E-state index contributed by atoms with van der Waals surface area (Å²) in [7, 11) is 2.34. The van der Waals surface area contributed by atoms with Crippen molar-refractivity contribution in [2.75, 3.05) is 6.17 Å². The molecule has 1 nitrogen and oxygen atoms in total. The zero-order valence-electron chi connectivity index (χ0n) is 2.21. The molecule has 0 bridgehead atoms. The molecular formula is CH3NSi2. The van der Waals surface area contributed by atoms with E-state index >= 15 is 0 Å². The number of rotatable bonds is 0. The van der Waals surface area contributed by atoms with Crippen LogP contribution in [0.5, 0.6) is 0 Å². The molecule has 1 saturated heterocycles. The summed E-state index contributed by atoms with van der Waals surface area (Å²) in [6, 6.07) is 0. The van der Waals surface area contributed by atoms with Gasteiger partial charge in [0.2, 0.25) is 0 Å². The third kappa shape index (κ3) is 0.241. The quantitative estimate of drug-likeness (QED) is 0.364. The minimum Gasteiger partial charge on any atom is -0.345 e. The Morgan fingerprint density at radius 2 is 2.00 bits per heavy atom. The van der Waals surface area contributed by atoms with Crippen molar-refractivity contribution < 1.29 is 0 Å². The van der Waals surface area contributed by atoms with Gasteiger partial charge in [-0.3, -0.25) is 0 Å². The van der Waals surface area contributed by atoms with Crippen LogP contribution in [0.15, 0.2) is 0 Å². The van der Waals surface area contributed by atoms with E-state index in [0.717, 1.165) is 9.20 Å². The second-order valence-corrected chi connectivity index (χ2v) is 3.78. The molecule has 0 saturated carbocycles. The molecule has 0 spiro atoms. The molecule has 3 heteroatoms. The summed E-state index contributed by atoms with van der Waals surface area (Å²) < 4.78 is 0. The lowest BCUT2D eigenvalue weighted by Crippen LogP contribution is -2.43. The van der Waals surface area contributed by atoms with Crippen LogP contribution < -0.4 is 4.98 Å². The fraction of sp³-hybridized carbons (Fsp3) is 1.00. The summed E-state index contributed by atoms with van der Waals surface area (Å²) in [5.41, 5.74) is 0. The average Bonchev–Trinajstić information content (AvgIpc) is 0.722. The molecule has 0 aliphatic carbocycles. The highest BCUT2D eigenvalue weighted by molar-refractivity contribution is 7.04. The monoisotopic (exact) mass is 85.0 g/mol. The van der Waals surface area contributed by atoms with E-state index in [1.807, 2.05) is 0 Å². The Hall–Kier alpha value is 0.394. The van der Waals surface area contributed by atoms with Gasteiger partial charge in [-0.25, -0.2) is 0 Å². The SMILES string of the molecule is C1N[Si][Si]1. The highest BCUT2D eigenvalue weighted by Crippen LogP contribution is 1.59. The van der Waals surface area contributed by atoms with E-state index < -0.39 is 0 Å². The van der Waals surface area contributed by atoms with Crippen molar-refractivity contribution >= 4 is 18.2 Å². The number of hydrogen-bond donors (Lipinski definition) is 1. The van der Waals surface area contributed by atoms with Crippen molar-refractivity contribution in [3.8, 4) is 0 Å². The maximum absolute atomic E-state index is 3.15. The molecule has 1 N–H and O–H groups in total. The Morgan fingerprint density at radius 1 is 1.75 bits per heavy atom. The first-order valence-corrected chi connectivity index (χ1v) is 4.41. The van der Waals surface area contributed by atoms with Gasteiger partial charge < -0.3 is 4.98 Å². The molecule has 4 radical (unpaired) electrons. The van der Waals surface area contributed by atoms with Crippen molar-refractivity contribution in [3.63, 3.8) is 0 Å². The van der Waals surface area contributed by atoms with E-state index in [1.54, 1.807) is 0 Å². The Labute approximate surface area is 30.3 Å². The highest BCUT2D eigenvalue weighted by atomic mass is 29.2. The molecule has 0 aromatic heterocycles. The van der Waals surface area contributed by atoms with Crippen LogP contribution >= 0.6 is 0 Å². The third-order valence-corrected chi connectivity index (χ3v) is 3.18. The maximum Gasteiger partial charge on any atom is 0.119 e. The Morgan fingerprint density at radius 3 is 2.00 bits per heavy atom. The predicted octanol–water partition coefficient (Wildman–Crippen LogP) is -1.21. The molecule has 1 aliphatic rings. The summed E-state index contributed by atoms with van der Waals surface area (Å²) in [5.74, 6) is 0. The molecular weight excluding hydrogens is 82.2 g/mol. The molecule has 0 aromatic rings. The van der Waals surface area contributed by atoms with Crippen LogP contribution in [0.1, 0.15) is 0 Å². The average molecular weight is 85.2 g/mol. The summed E-state index contributed by atoms with van der Waals surface area (Å²) in [6.45, 7) is 0. The third-order valence-electron chi connectivity index (χ3n) is 0.354. The zero-order valence-corrected chi connectivity index (χ0v) is 4.21. The first-order valence-electron chi connectivity index (χ1n) is 1.21. The van der Waals surface area contributed by atoms with E-state index in [4.69, 9.17) is 0 Å². The Kier molecular flexibility index (Phi) is 0.660. The minimum atomic E-state index is 1.10. The molecule has 0 atom stereocenters. The molecule has 1 heterocycles. The van der Waals surface area contributed by atoms with Crippen molar-refractivity contribution in [1.82, 2.24) is 4.98 Å². The topological polar surface area (TPSA) is 12.0 Å². The molecule has 1 fully saturated rings. The van der Waals surface area contributed by atoms with E-state index in [-0.39, 0.29) is 0 Å². The summed E-state index contributed by atoms with van der Waals surface area (Å²) in [4.78, 5) is 3.15. The van der Waals surface area contributed by atoms with Gasteiger partial charge in [-0.05, 0) is 6.17 Å². The predicted molar refractivity (Wildman–Crippen MR) is 19.5 cm³/mol. The van der Waals surface area contributed by atoms with Gasteiger partial charge in [0.05, 0.1) is 9.04 Å². The molecule has 0 aromatic carbocycles. The van der Waals surface area contributed by atoms with Crippen LogP contribution in [0.25, 0.3) is 0 Å². The van der Waals surface area contributed by atoms with Crippen molar-refractivity contribution in [2.24, 2.45) is 0 Å². The molecule has 0 amide bonds. The number of hydrogen-bond acceptors (Lipinski definition) is 1. The lowest BCUT2D eigenvalue weighted by molar-refractivity contribution is 1.15. The van der Waals surface area contributed by atoms with Crippen molar-refractivity contribution in [1.29, 1.82) is 0 Å². The molecule has 20 valence electrons. The summed E-state index contributed by atoms with van der Waals surface area (Å²) >= 11 is 0. The van der Waals surface area contributed by atoms with Crippen LogP contribution in [0.2, 0.25) is 0 Å². The first kappa shape index (κ1) is 2.62. The molecule has 4 heavy (non-hydrogen) atoms. The summed E-state index contributed by atoms with van der Waals surface area (Å²) in [6.07, 6.45) is 1.29. The van der Waals surface area contributed by atoms with Crippen LogP contribution in [0.4, 0.5) is 0 Å². The van der Waals surface area contributed by atoms with E-state index in [2.05, 4.69) is 4.98 Å². The Balaban J connectivity index is 2.00. The highest BCUT2D eigenvalue weighted by Gasteiger charge is 1.97. The molecule has 1 aliphatic heterocycles. The van der Waals surface area contributed by atoms with Crippen LogP contribution in [-0.4, -0.2) is 24.4 Å². The largest absolute Gasteiger partial charge is 0.345 e. The lowest BCUT2D eigenvalue weighted by Gasteiger charge is -2.06. The van der Waals surface area contributed by atoms with Crippen molar-refractivity contribution in [2.45, 2.75) is 0 Å². The van der Waals surface area contributed by atoms with Crippen molar-refractivity contribution in [3.05, 3.63) is 0 Å². The second kappa shape index (κ2) is 1.01. The van der Waals surface area contributed by atoms with Gasteiger partial charge in [0, 0.05) is 0 Å². The minimum absolute atomic E-state index is 1.10. The number of nitrogens with one attached hydrogen (secondary N) is 1. The normalized spacial score (nSPS) is 24.0. The fourth-order valence-corrected chi connectivity index (χ4v) is 0.795. The maximum atomic E-state index is 3.15. The Bertz CT molecular complexity index is 14.0. The second-order valence-electron chi connectivity index (χ2n) is 0.655. The smallest absolute Gasteiger partial charge is 0.119 e. The van der Waals surface area contributed by atoms with E-state index in [1.165, 1.54) is 15.2 Å². The summed E-state index contributed by atoms with van der Waals surface area (Å²) in [5, 5.41) is 0. The molecule has 1 rings (SSSR count). The lowest BCUT2D eigenvalue weighted by atomic mass is 11.5. The zero-order chi connectivity index (χ0) is 2.83. The van der Waals surface area contributed by atoms with Gasteiger partial charge in [0.15, 0.2) is 0 Å². The standard InChI is InChI=1S/CH3NSi2/c1-2-4-3-1/h2H,1H2. The van der Waals surface area contributed by atoms with Gasteiger partial charge in [-0.15, -0.1) is 0 Å². The van der Waals surface area contributed by atoms with E-state index in [9.17, 15) is 0 Å². The van der Waals surface area contributed by atoms with Gasteiger partial charge in [-0.2, -0.15) is 0 Å². The molecule has 0 unspecified atom stereocenters. The van der Waals surface area contributed by atoms with Crippen LogP contribution in [0.3, 0.4) is 0 Å². The first-order chi connectivity index (χ1) is 2.00.